The Bertz CT molecular complexity index is 1910. The molecule has 0 aromatic carbocycles. The van der Waals surface area contributed by atoms with Crippen molar-refractivity contribution in [3.63, 3.8) is 0 Å². The van der Waals surface area contributed by atoms with Crippen LogP contribution >= 0.6 is 15.6 Å². The van der Waals surface area contributed by atoms with Crippen LogP contribution in [0.15, 0.2) is 0 Å². The van der Waals surface area contributed by atoms with Gasteiger partial charge in [-0.2, -0.15) is 0 Å². The van der Waals surface area contributed by atoms with Crippen LogP contribution in [0.3, 0.4) is 0 Å². The van der Waals surface area contributed by atoms with E-state index in [1.54, 1.807) is 0 Å². The van der Waals surface area contributed by atoms with Crippen LogP contribution in [0.1, 0.15) is 420 Å². The minimum atomic E-state index is -4.96. The molecule has 3 N–H and O–H groups in total. The number of aliphatic hydroxyl groups excluding tert-OH is 1. The third kappa shape index (κ3) is 74.1. The normalized spacial score (nSPS) is 13.9. The number of carbonyl (C=O) groups is 4. The van der Waals surface area contributed by atoms with Crippen molar-refractivity contribution in [3.05, 3.63) is 0 Å². The van der Waals surface area contributed by atoms with E-state index in [1.165, 1.54) is 238 Å². The van der Waals surface area contributed by atoms with Crippen molar-refractivity contribution in [3.8, 4) is 0 Å². The van der Waals surface area contributed by atoms with Crippen molar-refractivity contribution in [2.24, 2.45) is 11.8 Å². The maximum atomic E-state index is 13.1. The average Bonchev–Trinajstić information content (AvgIpc) is 0.986. The molecule has 19 heteroatoms. The van der Waals surface area contributed by atoms with Gasteiger partial charge >= 0.3 is 39.5 Å². The second-order valence-corrected chi connectivity index (χ2v) is 32.7. The highest BCUT2D eigenvalue weighted by atomic mass is 31.2. The van der Waals surface area contributed by atoms with Gasteiger partial charge < -0.3 is 33.8 Å². The Morgan fingerprint density at radius 2 is 0.465 bits per heavy atom. The molecule has 0 amide bonds. The second-order valence-electron chi connectivity index (χ2n) is 29.8. The van der Waals surface area contributed by atoms with Gasteiger partial charge in [-0.05, 0) is 37.5 Å². The van der Waals surface area contributed by atoms with Crippen molar-refractivity contribution < 1.29 is 80.2 Å². The lowest BCUT2D eigenvalue weighted by molar-refractivity contribution is -0.161. The fourth-order valence-electron chi connectivity index (χ4n) is 12.4. The molecule has 0 aliphatic rings. The number of phosphoric ester groups is 2. The van der Waals surface area contributed by atoms with Crippen LogP contribution in [0, 0.1) is 11.8 Å². The molecule has 0 aromatic rings. The second kappa shape index (κ2) is 71.7. The van der Waals surface area contributed by atoms with Gasteiger partial charge in [-0.1, -0.05) is 369 Å². The Kier molecular flexibility index (Phi) is 70.3. The molecule has 0 aliphatic carbocycles. The van der Waals surface area contributed by atoms with Gasteiger partial charge in [0, 0.05) is 25.7 Å². The Hall–Kier alpha value is -1.94. The van der Waals surface area contributed by atoms with Crippen molar-refractivity contribution in [1.82, 2.24) is 0 Å². The van der Waals surface area contributed by atoms with Crippen LogP contribution in [0.4, 0.5) is 0 Å². The van der Waals surface area contributed by atoms with E-state index in [-0.39, 0.29) is 25.7 Å². The molecule has 0 aliphatic heterocycles. The molecule has 5 atom stereocenters. The molecular formula is C80H156O17P2. The van der Waals surface area contributed by atoms with Gasteiger partial charge in [0.2, 0.25) is 0 Å². The fraction of sp³-hybridized carbons (Fsp3) is 0.950. The minimum absolute atomic E-state index is 0.108. The number of unbranched alkanes of at least 4 members (excludes halogenated alkanes) is 49. The summed E-state index contributed by atoms with van der Waals surface area (Å²) in [5, 5.41) is 10.6. The summed E-state index contributed by atoms with van der Waals surface area (Å²) in [7, 11) is -9.92. The number of hydrogen-bond donors (Lipinski definition) is 3. The highest BCUT2D eigenvalue weighted by Gasteiger charge is 2.30. The molecule has 99 heavy (non-hydrogen) atoms. The highest BCUT2D eigenvalue weighted by Crippen LogP contribution is 2.45. The van der Waals surface area contributed by atoms with Gasteiger partial charge in [-0.25, -0.2) is 9.13 Å². The molecule has 0 saturated heterocycles. The third-order valence-corrected chi connectivity index (χ3v) is 20.6. The Balaban J connectivity index is 5.27. The van der Waals surface area contributed by atoms with Crippen LogP contribution in [0.5, 0.6) is 0 Å². The third-order valence-electron chi connectivity index (χ3n) is 18.7. The molecule has 0 radical (unpaired) electrons. The van der Waals surface area contributed by atoms with E-state index in [1.807, 2.05) is 0 Å². The van der Waals surface area contributed by atoms with Gasteiger partial charge in [0.05, 0.1) is 26.4 Å². The van der Waals surface area contributed by atoms with Gasteiger partial charge in [-0.3, -0.25) is 37.3 Å². The number of hydrogen-bond acceptors (Lipinski definition) is 15. The van der Waals surface area contributed by atoms with E-state index in [0.29, 0.717) is 25.7 Å². The summed E-state index contributed by atoms with van der Waals surface area (Å²) >= 11 is 0. The Labute approximate surface area is 607 Å². The molecule has 2 unspecified atom stereocenters. The van der Waals surface area contributed by atoms with Gasteiger partial charge in [0.25, 0.3) is 0 Å². The molecule has 0 bridgehead atoms. The van der Waals surface area contributed by atoms with Crippen LogP contribution in [0.2, 0.25) is 0 Å². The highest BCUT2D eigenvalue weighted by molar-refractivity contribution is 7.47. The summed E-state index contributed by atoms with van der Waals surface area (Å²) in [5.74, 6) is -0.553. The van der Waals surface area contributed by atoms with Crippen molar-refractivity contribution in [2.75, 3.05) is 39.6 Å². The first-order chi connectivity index (χ1) is 47.9. The van der Waals surface area contributed by atoms with E-state index in [0.717, 1.165) is 102 Å². The number of aliphatic hydroxyl groups is 1. The summed E-state index contributed by atoms with van der Waals surface area (Å²) in [6.07, 6.45) is 60.8. The first kappa shape index (κ1) is 97.1. The molecule has 17 nitrogen and oxygen atoms in total. The summed E-state index contributed by atoms with van der Waals surface area (Å²) in [5.41, 5.74) is 0. The molecule has 0 heterocycles. The molecule has 0 aromatic heterocycles. The SMILES string of the molecule is CCCCCCCCCCCCCCCCCC(=O)OC[C@H](COP(=O)(O)OC[C@@H](O)COP(=O)(O)OC[C@@H](COC(=O)CCCCCCCCCCCCC(C)C)OC(=O)CCCCCCCCCCCCCCCC)OC(=O)CCCCCCCCCCCCCCCCC(C)C. The maximum absolute atomic E-state index is 13.1. The Morgan fingerprint density at radius 1 is 0.273 bits per heavy atom. The average molecular weight is 1450 g/mol. The van der Waals surface area contributed by atoms with Gasteiger partial charge in [0.1, 0.15) is 19.3 Å². The lowest BCUT2D eigenvalue weighted by Crippen LogP contribution is -2.30. The van der Waals surface area contributed by atoms with E-state index in [2.05, 4.69) is 41.5 Å². The fourth-order valence-corrected chi connectivity index (χ4v) is 13.9. The van der Waals surface area contributed by atoms with E-state index < -0.39 is 97.5 Å². The lowest BCUT2D eigenvalue weighted by atomic mass is 10.0. The molecule has 0 fully saturated rings. The molecule has 0 rings (SSSR count). The smallest absolute Gasteiger partial charge is 0.462 e. The topological polar surface area (TPSA) is 237 Å². The number of carbonyl (C=O) groups excluding carboxylic acids is 4. The monoisotopic (exact) mass is 1450 g/mol. The van der Waals surface area contributed by atoms with Crippen molar-refractivity contribution in [2.45, 2.75) is 439 Å². The zero-order valence-corrected chi connectivity index (χ0v) is 66.6. The zero-order valence-electron chi connectivity index (χ0n) is 64.8. The summed E-state index contributed by atoms with van der Waals surface area (Å²) in [6.45, 7) is 9.66. The standard InChI is InChI=1S/C80H156O17P2/c1-7-9-11-13-15-17-19-21-23-28-31-38-44-50-56-62-77(82)90-68-75(96-80(85)65-59-53-47-41-33-29-25-24-26-30-36-42-48-54-60-72(3)4)70-94-98(86,87)92-66-74(81)67-93-99(88,89)95-71-76(69-91-78(83)63-57-51-45-39-35-34-37-43-49-55-61-73(5)6)97-79(84)64-58-52-46-40-32-27-22-20-18-16-14-12-10-8-2/h72-76,81H,7-71H2,1-6H3,(H,86,87)(H,88,89)/t74-,75-,76-/m1/s1. The van der Waals surface area contributed by atoms with Crippen molar-refractivity contribution >= 4 is 39.5 Å². The summed E-state index contributed by atoms with van der Waals surface area (Å²) in [4.78, 5) is 73.0. The molecule has 0 spiro atoms. The maximum Gasteiger partial charge on any atom is 0.472 e. The largest absolute Gasteiger partial charge is 0.472 e. The van der Waals surface area contributed by atoms with Gasteiger partial charge in [-0.15, -0.1) is 0 Å². The molecular weight excluding hydrogens is 1290 g/mol. The Morgan fingerprint density at radius 3 is 0.687 bits per heavy atom. The first-order valence-electron chi connectivity index (χ1n) is 41.5. The number of rotatable bonds is 79. The van der Waals surface area contributed by atoms with Crippen LogP contribution in [-0.4, -0.2) is 96.7 Å². The molecule has 0 saturated carbocycles. The summed E-state index contributed by atoms with van der Waals surface area (Å²) < 4.78 is 68.7. The minimum Gasteiger partial charge on any atom is -0.462 e. The number of esters is 4. The van der Waals surface area contributed by atoms with E-state index >= 15 is 0 Å². The van der Waals surface area contributed by atoms with Gasteiger partial charge in [0.15, 0.2) is 12.2 Å². The summed E-state index contributed by atoms with van der Waals surface area (Å²) in [6, 6.07) is 0. The van der Waals surface area contributed by atoms with E-state index in [9.17, 15) is 43.2 Å². The number of phosphoric acid groups is 2. The van der Waals surface area contributed by atoms with Crippen molar-refractivity contribution in [1.29, 1.82) is 0 Å². The number of ether oxygens (including phenoxy) is 4. The quantitative estimate of drug-likeness (QED) is 0.0222. The molecule has 588 valence electrons. The van der Waals surface area contributed by atoms with Crippen LogP contribution < -0.4 is 0 Å². The van der Waals surface area contributed by atoms with E-state index in [4.69, 9.17) is 37.0 Å². The predicted octanol–water partition coefficient (Wildman–Crippen LogP) is 23.9. The predicted molar refractivity (Wildman–Crippen MR) is 405 cm³/mol. The first-order valence-corrected chi connectivity index (χ1v) is 44.5. The zero-order chi connectivity index (χ0) is 72.8. The van der Waals surface area contributed by atoms with Crippen LogP contribution in [-0.2, 0) is 65.4 Å². The van der Waals surface area contributed by atoms with Crippen LogP contribution in [0.25, 0.3) is 0 Å². The lowest BCUT2D eigenvalue weighted by Gasteiger charge is -2.21.